The van der Waals surface area contributed by atoms with Gasteiger partial charge in [-0.1, -0.05) is 17.7 Å². The van der Waals surface area contributed by atoms with Crippen LogP contribution in [0.15, 0.2) is 48.5 Å². The number of amides is 2. The molecule has 4 rings (SSSR count). The maximum Gasteiger partial charge on any atom is 0.329 e. The molecule has 6 nitrogen and oxygen atoms in total. The van der Waals surface area contributed by atoms with Crippen molar-refractivity contribution >= 4 is 27.2 Å². The van der Waals surface area contributed by atoms with Crippen LogP contribution in [0.1, 0.15) is 5.56 Å². The fourth-order valence-electron chi connectivity index (χ4n) is 3.76. The molecule has 136 valence electrons. The Morgan fingerprint density at radius 3 is 1.81 bits per heavy atom. The molecule has 2 heterocycles. The second kappa shape index (κ2) is 6.02. The molecule has 0 bridgehead atoms. The third kappa shape index (κ3) is 2.72. The van der Waals surface area contributed by atoms with Gasteiger partial charge in [-0.05, 0) is 43.3 Å². The number of benzene rings is 2. The Bertz CT molecular complexity index is 939. The number of nitrogens with zero attached hydrogens (tertiary/aromatic N) is 2. The van der Waals surface area contributed by atoms with Gasteiger partial charge in [-0.15, -0.1) is 0 Å². The molecular formula is C19H20N2O4S. The number of hydrogen-bond donors (Lipinski definition) is 0. The number of sulfone groups is 1. The fourth-order valence-corrected chi connectivity index (χ4v) is 5.67. The van der Waals surface area contributed by atoms with Crippen LogP contribution in [0.25, 0.3) is 0 Å². The van der Waals surface area contributed by atoms with E-state index in [2.05, 4.69) is 0 Å². The highest BCUT2D eigenvalue weighted by molar-refractivity contribution is 7.91. The van der Waals surface area contributed by atoms with Crippen LogP contribution in [0.4, 0.5) is 16.2 Å². The van der Waals surface area contributed by atoms with E-state index >= 15 is 0 Å². The average molecular weight is 372 g/mol. The number of methoxy groups -OCH3 is 1. The number of fused-ring (bicyclic) bond motifs is 1. The molecule has 2 aromatic rings. The highest BCUT2D eigenvalue weighted by atomic mass is 32.2. The van der Waals surface area contributed by atoms with Crippen LogP contribution in [0.2, 0.25) is 0 Å². The van der Waals surface area contributed by atoms with Crippen LogP contribution in [0.3, 0.4) is 0 Å². The van der Waals surface area contributed by atoms with Gasteiger partial charge in [-0.2, -0.15) is 0 Å². The first-order chi connectivity index (χ1) is 12.4. The predicted octanol–water partition coefficient (Wildman–Crippen LogP) is 2.62. The molecule has 0 saturated carbocycles. The van der Waals surface area contributed by atoms with Crippen molar-refractivity contribution in [3.8, 4) is 5.75 Å². The summed E-state index contributed by atoms with van der Waals surface area (Å²) in [5.41, 5.74) is 2.49. The molecule has 26 heavy (non-hydrogen) atoms. The molecule has 2 aromatic carbocycles. The number of ether oxygens (including phenoxy) is 1. The molecule has 0 aliphatic carbocycles. The first-order valence-corrected chi connectivity index (χ1v) is 10.3. The Labute approximate surface area is 152 Å². The second-order valence-electron chi connectivity index (χ2n) is 6.77. The van der Waals surface area contributed by atoms with Gasteiger partial charge in [-0.3, -0.25) is 9.80 Å². The number of carbonyl (C=O) groups excluding carboxylic acids is 1. The van der Waals surface area contributed by atoms with Crippen molar-refractivity contribution in [3.63, 3.8) is 0 Å². The van der Waals surface area contributed by atoms with Crippen molar-refractivity contribution in [2.45, 2.75) is 19.0 Å². The van der Waals surface area contributed by atoms with Gasteiger partial charge in [0.05, 0.1) is 30.7 Å². The zero-order chi connectivity index (χ0) is 18.5. The monoisotopic (exact) mass is 372 g/mol. The molecule has 0 radical (unpaired) electrons. The van der Waals surface area contributed by atoms with Gasteiger partial charge in [0.25, 0.3) is 0 Å². The topological polar surface area (TPSA) is 66.9 Å². The minimum atomic E-state index is -3.19. The Morgan fingerprint density at radius 1 is 0.885 bits per heavy atom. The van der Waals surface area contributed by atoms with Crippen LogP contribution in [0, 0.1) is 6.92 Å². The summed E-state index contributed by atoms with van der Waals surface area (Å²) in [6.07, 6.45) is 0. The normalized spacial score (nSPS) is 24.0. The summed E-state index contributed by atoms with van der Waals surface area (Å²) in [6, 6.07) is 13.8. The van der Waals surface area contributed by atoms with E-state index in [0.717, 1.165) is 11.3 Å². The van der Waals surface area contributed by atoms with Crippen molar-refractivity contribution in [2.75, 3.05) is 28.4 Å². The molecule has 7 heteroatoms. The zero-order valence-corrected chi connectivity index (χ0v) is 15.4. The number of aryl methyl sites for hydroxylation is 1. The highest BCUT2D eigenvalue weighted by Crippen LogP contribution is 2.38. The lowest BCUT2D eigenvalue weighted by atomic mass is 10.1. The number of anilines is 2. The van der Waals surface area contributed by atoms with E-state index in [1.807, 2.05) is 31.2 Å². The SMILES string of the molecule is COc1ccc(N2C(=O)N(c3ccc(C)cc3)C3CS(=O)(=O)CC32)cc1. The molecule has 0 spiro atoms. The number of hydrogen-bond acceptors (Lipinski definition) is 4. The average Bonchev–Trinajstić information content (AvgIpc) is 3.05. The summed E-state index contributed by atoms with van der Waals surface area (Å²) in [6.45, 7) is 1.97. The summed E-state index contributed by atoms with van der Waals surface area (Å²) >= 11 is 0. The smallest absolute Gasteiger partial charge is 0.329 e. The summed E-state index contributed by atoms with van der Waals surface area (Å²) in [5.74, 6) is 0.660. The van der Waals surface area contributed by atoms with Crippen molar-refractivity contribution in [3.05, 3.63) is 54.1 Å². The van der Waals surface area contributed by atoms with Crippen LogP contribution >= 0.6 is 0 Å². The molecule has 2 unspecified atom stereocenters. The van der Waals surface area contributed by atoms with Crippen LogP contribution in [-0.4, -0.2) is 45.1 Å². The van der Waals surface area contributed by atoms with Crippen molar-refractivity contribution in [1.82, 2.24) is 0 Å². The number of rotatable bonds is 3. The fraction of sp³-hybridized carbons (Fsp3) is 0.316. The van der Waals surface area contributed by atoms with Gasteiger partial charge in [0, 0.05) is 11.4 Å². The van der Waals surface area contributed by atoms with Gasteiger partial charge in [-0.25, -0.2) is 13.2 Å². The van der Waals surface area contributed by atoms with E-state index in [-0.39, 0.29) is 29.6 Å². The lowest BCUT2D eigenvalue weighted by molar-refractivity contribution is 0.255. The minimum absolute atomic E-state index is 0.00998. The van der Waals surface area contributed by atoms with Crippen molar-refractivity contribution < 1.29 is 17.9 Å². The highest BCUT2D eigenvalue weighted by Gasteiger charge is 2.54. The van der Waals surface area contributed by atoms with Gasteiger partial charge in [0.15, 0.2) is 9.84 Å². The maximum absolute atomic E-state index is 13.2. The zero-order valence-electron chi connectivity index (χ0n) is 14.6. The Hall–Kier alpha value is -2.54. The first kappa shape index (κ1) is 16.9. The van der Waals surface area contributed by atoms with Crippen LogP contribution < -0.4 is 14.5 Å². The standard InChI is InChI=1S/C19H20N2O4S/c1-13-3-5-14(6-4-13)20-17-11-26(23,24)12-18(17)21(19(20)22)15-7-9-16(25-2)10-8-15/h3-10,17-18H,11-12H2,1-2H3. The molecule has 2 saturated heterocycles. The molecule has 0 N–H and O–H groups in total. The lowest BCUT2D eigenvalue weighted by Gasteiger charge is -2.23. The van der Waals surface area contributed by atoms with E-state index < -0.39 is 9.84 Å². The summed E-state index contributed by atoms with van der Waals surface area (Å²) in [5, 5.41) is 0. The van der Waals surface area contributed by atoms with Gasteiger partial charge >= 0.3 is 6.03 Å². The molecule has 2 atom stereocenters. The van der Waals surface area contributed by atoms with E-state index in [4.69, 9.17) is 4.74 Å². The summed E-state index contributed by atoms with van der Waals surface area (Å²) < 4.78 is 29.7. The first-order valence-electron chi connectivity index (χ1n) is 8.43. The maximum atomic E-state index is 13.2. The third-order valence-corrected chi connectivity index (χ3v) is 6.73. The molecule has 2 aliphatic heterocycles. The number of carbonyl (C=O) groups is 1. The molecule has 2 amide bonds. The van der Waals surface area contributed by atoms with Gasteiger partial charge < -0.3 is 4.74 Å². The molecule has 2 fully saturated rings. The molecular weight excluding hydrogens is 352 g/mol. The van der Waals surface area contributed by atoms with Crippen LogP contribution in [-0.2, 0) is 9.84 Å². The molecule has 0 aromatic heterocycles. The van der Waals surface area contributed by atoms with E-state index in [1.54, 1.807) is 41.2 Å². The Kier molecular flexibility index (Phi) is 3.91. The van der Waals surface area contributed by atoms with Crippen molar-refractivity contribution in [2.24, 2.45) is 0 Å². The Morgan fingerprint density at radius 2 is 1.35 bits per heavy atom. The second-order valence-corrected chi connectivity index (χ2v) is 8.92. The van der Waals surface area contributed by atoms with Crippen molar-refractivity contribution in [1.29, 1.82) is 0 Å². The Balaban J connectivity index is 1.77. The van der Waals surface area contributed by atoms with E-state index in [9.17, 15) is 13.2 Å². The van der Waals surface area contributed by atoms with E-state index in [0.29, 0.717) is 11.4 Å². The minimum Gasteiger partial charge on any atom is -0.497 e. The van der Waals surface area contributed by atoms with E-state index in [1.165, 1.54) is 0 Å². The summed E-state index contributed by atoms with van der Waals surface area (Å²) in [7, 11) is -1.61. The molecule has 2 aliphatic rings. The quantitative estimate of drug-likeness (QED) is 0.777. The number of urea groups is 1. The summed E-state index contributed by atoms with van der Waals surface area (Å²) in [4.78, 5) is 16.4. The van der Waals surface area contributed by atoms with Crippen LogP contribution in [0.5, 0.6) is 5.75 Å². The van der Waals surface area contributed by atoms with Gasteiger partial charge in [0.2, 0.25) is 0 Å². The lowest BCUT2D eigenvalue weighted by Crippen LogP contribution is -2.37. The largest absolute Gasteiger partial charge is 0.497 e. The van der Waals surface area contributed by atoms with Gasteiger partial charge in [0.1, 0.15) is 5.75 Å². The third-order valence-electron chi connectivity index (χ3n) is 5.03. The predicted molar refractivity (Wildman–Crippen MR) is 101 cm³/mol.